The number of carbonyl (C=O) groups is 1. The second-order valence-corrected chi connectivity index (χ2v) is 4.83. The highest BCUT2D eigenvalue weighted by atomic mass is 32.2. The van der Waals surface area contributed by atoms with Crippen molar-refractivity contribution in [2.24, 2.45) is 0 Å². The van der Waals surface area contributed by atoms with Crippen LogP contribution in [0.4, 0.5) is 10.1 Å². The molecule has 1 heterocycles. The van der Waals surface area contributed by atoms with Crippen molar-refractivity contribution in [1.82, 2.24) is 0 Å². The fourth-order valence-corrected chi connectivity index (χ4v) is 2.60. The highest BCUT2D eigenvalue weighted by Crippen LogP contribution is 2.22. The topological polar surface area (TPSA) is 40.5 Å². The van der Waals surface area contributed by atoms with Crippen molar-refractivity contribution in [3.05, 3.63) is 29.6 Å². The van der Waals surface area contributed by atoms with E-state index in [0.717, 1.165) is 30.7 Å². The monoisotopic (exact) mass is 241 g/mol. The van der Waals surface area contributed by atoms with Gasteiger partial charge in [0.15, 0.2) is 0 Å². The highest BCUT2D eigenvalue weighted by Gasteiger charge is 2.14. The molecule has 1 aromatic rings. The van der Waals surface area contributed by atoms with Gasteiger partial charge in [-0.25, -0.2) is 9.18 Å². The number of hydrogen-bond donors (Lipinski definition) is 1. The van der Waals surface area contributed by atoms with E-state index < -0.39 is 11.8 Å². The number of carboxylic acids is 1. The van der Waals surface area contributed by atoms with Crippen LogP contribution in [-0.4, -0.2) is 35.7 Å². The molecule has 1 fully saturated rings. The van der Waals surface area contributed by atoms with Gasteiger partial charge in [-0.15, -0.1) is 0 Å². The highest BCUT2D eigenvalue weighted by molar-refractivity contribution is 7.99. The van der Waals surface area contributed by atoms with Gasteiger partial charge in [-0.3, -0.25) is 0 Å². The third-order valence-electron chi connectivity index (χ3n) is 2.51. The molecule has 0 radical (unpaired) electrons. The summed E-state index contributed by atoms with van der Waals surface area (Å²) >= 11 is 1.86. The summed E-state index contributed by atoms with van der Waals surface area (Å²) in [6.07, 6.45) is 0. The zero-order chi connectivity index (χ0) is 11.5. The molecule has 1 aliphatic heterocycles. The molecule has 5 heteroatoms. The molecule has 3 nitrogen and oxygen atoms in total. The molecule has 0 bridgehead atoms. The van der Waals surface area contributed by atoms with Gasteiger partial charge in [0.1, 0.15) is 5.82 Å². The Labute approximate surface area is 97.3 Å². The van der Waals surface area contributed by atoms with E-state index in [1.807, 2.05) is 16.7 Å². The number of nitrogens with zero attached hydrogens (tertiary/aromatic N) is 1. The lowest BCUT2D eigenvalue weighted by molar-refractivity contribution is 0.0696. The maximum Gasteiger partial charge on any atom is 0.335 e. The average molecular weight is 241 g/mol. The lowest BCUT2D eigenvalue weighted by atomic mass is 10.2. The van der Waals surface area contributed by atoms with E-state index in [1.54, 1.807) is 0 Å². The Hall–Kier alpha value is -1.23. The SMILES string of the molecule is O=C(O)c1cc(F)cc(N2CCSCC2)c1. The molecule has 0 aromatic heterocycles. The maximum absolute atomic E-state index is 13.2. The van der Waals surface area contributed by atoms with Gasteiger partial charge >= 0.3 is 5.97 Å². The van der Waals surface area contributed by atoms with Crippen LogP contribution in [0.1, 0.15) is 10.4 Å². The van der Waals surface area contributed by atoms with Crippen LogP contribution >= 0.6 is 11.8 Å². The molecule has 1 aliphatic rings. The zero-order valence-corrected chi connectivity index (χ0v) is 9.47. The number of anilines is 1. The van der Waals surface area contributed by atoms with E-state index >= 15 is 0 Å². The van der Waals surface area contributed by atoms with Gasteiger partial charge < -0.3 is 10.0 Å². The number of thioether (sulfide) groups is 1. The number of halogens is 1. The second kappa shape index (κ2) is 4.74. The van der Waals surface area contributed by atoms with E-state index in [2.05, 4.69) is 0 Å². The molecule has 16 heavy (non-hydrogen) atoms. The second-order valence-electron chi connectivity index (χ2n) is 3.60. The van der Waals surface area contributed by atoms with Crippen LogP contribution in [0.2, 0.25) is 0 Å². The van der Waals surface area contributed by atoms with Crippen LogP contribution in [0.5, 0.6) is 0 Å². The first-order chi connectivity index (χ1) is 7.66. The summed E-state index contributed by atoms with van der Waals surface area (Å²) in [6.45, 7) is 1.68. The van der Waals surface area contributed by atoms with Crippen LogP contribution in [0.25, 0.3) is 0 Å². The van der Waals surface area contributed by atoms with Crippen molar-refractivity contribution in [1.29, 1.82) is 0 Å². The van der Waals surface area contributed by atoms with Gasteiger partial charge in [0.05, 0.1) is 5.56 Å². The van der Waals surface area contributed by atoms with Gasteiger partial charge in [-0.1, -0.05) is 0 Å². The quantitative estimate of drug-likeness (QED) is 0.860. The van der Waals surface area contributed by atoms with E-state index in [0.29, 0.717) is 5.69 Å². The third-order valence-corrected chi connectivity index (χ3v) is 3.45. The molecule has 1 saturated heterocycles. The van der Waals surface area contributed by atoms with Crippen molar-refractivity contribution in [3.63, 3.8) is 0 Å². The van der Waals surface area contributed by atoms with Crippen molar-refractivity contribution in [2.45, 2.75) is 0 Å². The Morgan fingerprint density at radius 3 is 2.62 bits per heavy atom. The molecular formula is C11H12FNO2S. The van der Waals surface area contributed by atoms with Crippen LogP contribution in [-0.2, 0) is 0 Å². The molecule has 1 N–H and O–H groups in total. The zero-order valence-electron chi connectivity index (χ0n) is 8.65. The smallest absolute Gasteiger partial charge is 0.335 e. The minimum atomic E-state index is -1.09. The van der Waals surface area contributed by atoms with E-state index in [9.17, 15) is 9.18 Å². The fourth-order valence-electron chi connectivity index (χ4n) is 1.70. The summed E-state index contributed by atoms with van der Waals surface area (Å²) in [5.41, 5.74) is 0.672. The summed E-state index contributed by atoms with van der Waals surface area (Å²) in [5, 5.41) is 8.84. The Balaban J connectivity index is 2.28. The molecule has 86 valence electrons. The minimum Gasteiger partial charge on any atom is -0.478 e. The lowest BCUT2D eigenvalue weighted by Crippen LogP contribution is -2.32. The maximum atomic E-state index is 13.2. The molecule has 0 spiro atoms. The number of rotatable bonds is 2. The summed E-state index contributed by atoms with van der Waals surface area (Å²) in [6, 6.07) is 3.97. The first-order valence-electron chi connectivity index (χ1n) is 5.03. The summed E-state index contributed by atoms with van der Waals surface area (Å²) in [5.74, 6) is 0.415. The summed E-state index contributed by atoms with van der Waals surface area (Å²) in [4.78, 5) is 12.8. The van der Waals surface area contributed by atoms with Gasteiger partial charge in [0.2, 0.25) is 0 Å². The van der Waals surface area contributed by atoms with Gasteiger partial charge in [-0.2, -0.15) is 11.8 Å². The lowest BCUT2D eigenvalue weighted by Gasteiger charge is -2.28. The van der Waals surface area contributed by atoms with Crippen LogP contribution in [0, 0.1) is 5.82 Å². The average Bonchev–Trinajstić information content (AvgIpc) is 2.29. The van der Waals surface area contributed by atoms with E-state index in [1.165, 1.54) is 12.1 Å². The Morgan fingerprint density at radius 1 is 1.31 bits per heavy atom. The predicted molar refractivity (Wildman–Crippen MR) is 62.9 cm³/mol. The fraction of sp³-hybridized carbons (Fsp3) is 0.364. The Kier molecular flexibility index (Phi) is 3.33. The number of hydrogen-bond acceptors (Lipinski definition) is 3. The Bertz CT molecular complexity index is 405. The van der Waals surface area contributed by atoms with Gasteiger partial charge in [0, 0.05) is 30.3 Å². The molecule has 0 unspecified atom stereocenters. The molecule has 0 saturated carbocycles. The largest absolute Gasteiger partial charge is 0.478 e. The van der Waals surface area contributed by atoms with Crippen LogP contribution < -0.4 is 4.90 Å². The van der Waals surface area contributed by atoms with Crippen molar-refractivity contribution in [2.75, 3.05) is 29.5 Å². The normalized spacial score (nSPS) is 16.2. The first-order valence-corrected chi connectivity index (χ1v) is 6.19. The number of aromatic carboxylic acids is 1. The first kappa shape index (κ1) is 11.3. The number of benzene rings is 1. The predicted octanol–water partition coefficient (Wildman–Crippen LogP) is 2.08. The van der Waals surface area contributed by atoms with E-state index in [-0.39, 0.29) is 5.56 Å². The molecule has 0 aliphatic carbocycles. The minimum absolute atomic E-state index is 0.00762. The molecule has 0 amide bonds. The van der Waals surface area contributed by atoms with Gasteiger partial charge in [0.25, 0.3) is 0 Å². The van der Waals surface area contributed by atoms with Crippen LogP contribution in [0.15, 0.2) is 18.2 Å². The van der Waals surface area contributed by atoms with Crippen molar-refractivity contribution >= 4 is 23.4 Å². The third kappa shape index (κ3) is 2.47. The van der Waals surface area contributed by atoms with Gasteiger partial charge in [-0.05, 0) is 18.2 Å². The van der Waals surface area contributed by atoms with Crippen molar-refractivity contribution in [3.8, 4) is 0 Å². The summed E-state index contributed by atoms with van der Waals surface area (Å²) < 4.78 is 13.2. The molecule has 0 atom stereocenters. The molecular weight excluding hydrogens is 229 g/mol. The Morgan fingerprint density at radius 2 is 2.00 bits per heavy atom. The van der Waals surface area contributed by atoms with Crippen LogP contribution in [0.3, 0.4) is 0 Å². The molecule has 1 aromatic carbocycles. The molecule has 2 rings (SSSR count). The van der Waals surface area contributed by atoms with Crippen molar-refractivity contribution < 1.29 is 14.3 Å². The summed E-state index contributed by atoms with van der Waals surface area (Å²) in [7, 11) is 0. The van der Waals surface area contributed by atoms with E-state index in [4.69, 9.17) is 5.11 Å². The number of carboxylic acid groups (broad SMARTS) is 1. The standard InChI is InChI=1S/C11H12FNO2S/c12-9-5-8(11(14)15)6-10(7-9)13-1-3-16-4-2-13/h5-7H,1-4H2,(H,14,15).